The monoisotopic (exact) mass is 113 g/mol. The fourth-order valence-corrected chi connectivity index (χ4v) is 0.351. The second kappa shape index (κ2) is 6.37. The molecule has 46 valence electrons. The van der Waals surface area contributed by atoms with Crippen LogP contribution in [-0.4, -0.2) is 19.4 Å². The highest BCUT2D eigenvalue weighted by Crippen LogP contribution is 1.63. The first-order chi connectivity index (χ1) is 3.91. The predicted molar refractivity (Wildman–Crippen MR) is 33.7 cm³/mol. The van der Waals surface area contributed by atoms with E-state index in [0.29, 0.717) is 0 Å². The molecule has 0 amide bonds. The predicted octanol–water partition coefficient (Wildman–Crippen LogP) is 0.351. The van der Waals surface area contributed by atoms with E-state index in [-0.39, 0.29) is 0 Å². The minimum absolute atomic E-state index is 0.775. The SMILES string of the molecule is CCNC/C=C\C=O. The van der Waals surface area contributed by atoms with Gasteiger partial charge in [0, 0.05) is 6.54 Å². The van der Waals surface area contributed by atoms with Crippen LogP contribution in [0, 0.1) is 0 Å². The zero-order valence-electron chi connectivity index (χ0n) is 5.05. The molecule has 8 heavy (non-hydrogen) atoms. The van der Waals surface area contributed by atoms with Gasteiger partial charge in [0.25, 0.3) is 0 Å². The molecule has 0 bridgehead atoms. The molecular weight excluding hydrogens is 102 g/mol. The van der Waals surface area contributed by atoms with Crippen LogP contribution in [0.2, 0.25) is 0 Å². The zero-order valence-corrected chi connectivity index (χ0v) is 5.05. The molecule has 0 fully saturated rings. The average molecular weight is 113 g/mol. The van der Waals surface area contributed by atoms with E-state index in [1.165, 1.54) is 6.08 Å². The van der Waals surface area contributed by atoms with Gasteiger partial charge in [-0.1, -0.05) is 13.0 Å². The summed E-state index contributed by atoms with van der Waals surface area (Å²) in [6.45, 7) is 3.76. The molecule has 0 spiro atoms. The molecule has 0 rings (SSSR count). The van der Waals surface area contributed by atoms with Crippen LogP contribution in [-0.2, 0) is 4.79 Å². The summed E-state index contributed by atoms with van der Waals surface area (Å²) >= 11 is 0. The van der Waals surface area contributed by atoms with Gasteiger partial charge < -0.3 is 5.32 Å². The third-order valence-electron chi connectivity index (χ3n) is 0.727. The first-order valence-corrected chi connectivity index (χ1v) is 2.72. The summed E-state index contributed by atoms with van der Waals surface area (Å²) in [5.41, 5.74) is 0. The standard InChI is InChI=1S/C6H11NO/c1-2-7-5-3-4-6-8/h3-4,6-7H,2,5H2,1H3/b4-3-. The Hall–Kier alpha value is -0.630. The summed E-state index contributed by atoms with van der Waals surface area (Å²) in [5, 5.41) is 3.04. The summed E-state index contributed by atoms with van der Waals surface area (Å²) in [6, 6.07) is 0. The molecule has 0 aromatic carbocycles. The lowest BCUT2D eigenvalue weighted by Crippen LogP contribution is -2.11. The van der Waals surface area contributed by atoms with Crippen molar-refractivity contribution < 1.29 is 4.79 Å². The quantitative estimate of drug-likeness (QED) is 0.324. The van der Waals surface area contributed by atoms with Gasteiger partial charge >= 0.3 is 0 Å². The molecule has 0 saturated carbocycles. The summed E-state index contributed by atoms with van der Waals surface area (Å²) in [7, 11) is 0. The van der Waals surface area contributed by atoms with Crippen molar-refractivity contribution >= 4 is 6.29 Å². The van der Waals surface area contributed by atoms with Crippen LogP contribution < -0.4 is 5.32 Å². The van der Waals surface area contributed by atoms with Crippen LogP contribution in [0.4, 0.5) is 0 Å². The first kappa shape index (κ1) is 7.37. The van der Waals surface area contributed by atoms with Crippen LogP contribution in [0.3, 0.4) is 0 Å². The molecule has 0 aromatic rings. The van der Waals surface area contributed by atoms with Crippen LogP contribution in [0.25, 0.3) is 0 Å². The van der Waals surface area contributed by atoms with Crippen molar-refractivity contribution in [3.05, 3.63) is 12.2 Å². The molecule has 0 aliphatic heterocycles. The minimum Gasteiger partial charge on any atom is -0.314 e. The fourth-order valence-electron chi connectivity index (χ4n) is 0.351. The van der Waals surface area contributed by atoms with Gasteiger partial charge in [-0.3, -0.25) is 4.79 Å². The van der Waals surface area contributed by atoms with Crippen molar-refractivity contribution in [3.8, 4) is 0 Å². The number of carbonyl (C=O) groups excluding carboxylic acids is 1. The number of hydrogen-bond acceptors (Lipinski definition) is 2. The van der Waals surface area contributed by atoms with Crippen molar-refractivity contribution in [3.63, 3.8) is 0 Å². The largest absolute Gasteiger partial charge is 0.314 e. The van der Waals surface area contributed by atoms with Gasteiger partial charge in [-0.05, 0) is 12.6 Å². The van der Waals surface area contributed by atoms with Crippen molar-refractivity contribution in [2.45, 2.75) is 6.92 Å². The van der Waals surface area contributed by atoms with Gasteiger partial charge in [0.1, 0.15) is 6.29 Å². The van der Waals surface area contributed by atoms with Gasteiger partial charge in [-0.25, -0.2) is 0 Å². The smallest absolute Gasteiger partial charge is 0.142 e. The Bertz CT molecular complexity index is 78.6. The number of nitrogens with one attached hydrogen (secondary N) is 1. The van der Waals surface area contributed by atoms with Crippen molar-refractivity contribution in [1.29, 1.82) is 0 Å². The van der Waals surface area contributed by atoms with E-state index in [2.05, 4.69) is 5.32 Å². The van der Waals surface area contributed by atoms with Gasteiger partial charge in [0.15, 0.2) is 0 Å². The highest BCUT2D eigenvalue weighted by Gasteiger charge is 1.70. The van der Waals surface area contributed by atoms with E-state index in [4.69, 9.17) is 0 Å². The molecule has 0 unspecified atom stereocenters. The number of allylic oxidation sites excluding steroid dienone is 1. The highest BCUT2D eigenvalue weighted by molar-refractivity contribution is 5.64. The van der Waals surface area contributed by atoms with Gasteiger partial charge in [-0.2, -0.15) is 0 Å². The molecule has 0 heterocycles. The normalized spacial score (nSPS) is 10.1. The lowest BCUT2D eigenvalue weighted by Gasteiger charge is -1.89. The number of carbonyl (C=O) groups is 1. The Morgan fingerprint density at radius 3 is 2.88 bits per heavy atom. The maximum Gasteiger partial charge on any atom is 0.142 e. The molecular formula is C6H11NO. The second-order valence-electron chi connectivity index (χ2n) is 1.37. The van der Waals surface area contributed by atoms with Crippen LogP contribution in [0.1, 0.15) is 6.92 Å². The van der Waals surface area contributed by atoms with E-state index in [1.54, 1.807) is 6.08 Å². The van der Waals surface area contributed by atoms with Gasteiger partial charge in [0.2, 0.25) is 0 Å². The Morgan fingerprint density at radius 2 is 2.38 bits per heavy atom. The van der Waals surface area contributed by atoms with Gasteiger partial charge in [0.05, 0.1) is 0 Å². The van der Waals surface area contributed by atoms with E-state index >= 15 is 0 Å². The summed E-state index contributed by atoms with van der Waals surface area (Å²) < 4.78 is 0. The topological polar surface area (TPSA) is 29.1 Å². The molecule has 2 nitrogen and oxygen atoms in total. The molecule has 0 aromatic heterocycles. The van der Waals surface area contributed by atoms with Gasteiger partial charge in [-0.15, -0.1) is 0 Å². The van der Waals surface area contributed by atoms with E-state index in [1.807, 2.05) is 6.92 Å². The fraction of sp³-hybridized carbons (Fsp3) is 0.500. The zero-order chi connectivity index (χ0) is 6.24. The van der Waals surface area contributed by atoms with E-state index < -0.39 is 0 Å². The summed E-state index contributed by atoms with van der Waals surface area (Å²) in [4.78, 5) is 9.65. The third-order valence-corrected chi connectivity index (χ3v) is 0.727. The lowest BCUT2D eigenvalue weighted by molar-refractivity contribution is -0.104. The Kier molecular flexibility index (Phi) is 5.87. The van der Waals surface area contributed by atoms with Crippen LogP contribution in [0.15, 0.2) is 12.2 Å². The van der Waals surface area contributed by atoms with Crippen molar-refractivity contribution in [2.24, 2.45) is 0 Å². The summed E-state index contributed by atoms with van der Waals surface area (Å²) in [5.74, 6) is 0. The van der Waals surface area contributed by atoms with Crippen LogP contribution in [0.5, 0.6) is 0 Å². The number of likely N-dealkylation sites (N-methyl/N-ethyl adjacent to an activating group) is 1. The van der Waals surface area contributed by atoms with Crippen molar-refractivity contribution in [1.82, 2.24) is 5.32 Å². The second-order valence-corrected chi connectivity index (χ2v) is 1.37. The maximum absolute atomic E-state index is 9.65. The first-order valence-electron chi connectivity index (χ1n) is 2.72. The lowest BCUT2D eigenvalue weighted by atomic mass is 10.5. The number of rotatable bonds is 4. The number of hydrogen-bond donors (Lipinski definition) is 1. The molecule has 0 aliphatic carbocycles. The van der Waals surface area contributed by atoms with Crippen LogP contribution >= 0.6 is 0 Å². The van der Waals surface area contributed by atoms with Crippen molar-refractivity contribution in [2.75, 3.05) is 13.1 Å². The Balaban J connectivity index is 2.91. The molecule has 0 atom stereocenters. The molecule has 2 heteroatoms. The molecule has 1 N–H and O–H groups in total. The molecule has 0 saturated heterocycles. The molecule has 0 radical (unpaired) electrons. The van der Waals surface area contributed by atoms with E-state index in [0.717, 1.165) is 19.4 Å². The average Bonchev–Trinajstić information content (AvgIpc) is 1.81. The van der Waals surface area contributed by atoms with E-state index in [9.17, 15) is 4.79 Å². The highest BCUT2D eigenvalue weighted by atomic mass is 16.1. The molecule has 0 aliphatic rings. The maximum atomic E-state index is 9.65. The minimum atomic E-state index is 0.775. The third kappa shape index (κ3) is 5.37. The Labute approximate surface area is 49.6 Å². The number of aldehydes is 1. The summed E-state index contributed by atoms with van der Waals surface area (Å²) in [6.07, 6.45) is 4.05. The Morgan fingerprint density at radius 1 is 1.62 bits per heavy atom.